The molecule has 5 aromatic rings. The zero-order chi connectivity index (χ0) is 31.0. The van der Waals surface area contributed by atoms with Gasteiger partial charge in [-0.1, -0.05) is 35.6 Å². The van der Waals surface area contributed by atoms with Gasteiger partial charge >= 0.3 is 0 Å². The zero-order valence-corrected chi connectivity index (χ0v) is 27.4. The fraction of sp³-hybridized carbons (Fsp3) is 0.421. The summed E-state index contributed by atoms with van der Waals surface area (Å²) >= 11 is 1.50. The van der Waals surface area contributed by atoms with Gasteiger partial charge in [0.25, 0.3) is 5.91 Å². The topological polar surface area (TPSA) is 75.9 Å². The summed E-state index contributed by atoms with van der Waals surface area (Å²) in [6.45, 7) is 6.92. The van der Waals surface area contributed by atoms with Crippen LogP contribution < -0.4 is 10.2 Å². The van der Waals surface area contributed by atoms with Crippen LogP contribution in [0, 0.1) is 37.0 Å². The lowest BCUT2D eigenvalue weighted by Gasteiger charge is -2.56. The Kier molecular flexibility index (Phi) is 6.60. The fourth-order valence-corrected chi connectivity index (χ4v) is 10.6. The predicted molar refractivity (Wildman–Crippen MR) is 184 cm³/mol. The van der Waals surface area contributed by atoms with E-state index in [1.54, 1.807) is 0 Å². The molecule has 1 aliphatic heterocycles. The first-order valence-corrected chi connectivity index (χ1v) is 17.7. The number of fused-ring (bicyclic) bond motifs is 2. The molecular formula is C38H40N6OS. The summed E-state index contributed by atoms with van der Waals surface area (Å²) < 4.78 is 3.37. The smallest absolute Gasteiger partial charge is 0.257 e. The van der Waals surface area contributed by atoms with E-state index in [1.165, 1.54) is 66.7 Å². The first-order chi connectivity index (χ1) is 22.4. The minimum Gasteiger partial charge on any atom is -0.352 e. The van der Waals surface area contributed by atoms with E-state index in [0.29, 0.717) is 22.7 Å². The second kappa shape index (κ2) is 10.8. The van der Waals surface area contributed by atoms with Gasteiger partial charge in [-0.15, -0.1) is 0 Å². The number of aryl methyl sites for hydroxylation is 1. The Bertz CT molecular complexity index is 1920. The average Bonchev–Trinajstić information content (AvgIpc) is 3.61. The van der Waals surface area contributed by atoms with Gasteiger partial charge in [0.1, 0.15) is 5.82 Å². The molecule has 7 nitrogen and oxygen atoms in total. The van der Waals surface area contributed by atoms with Gasteiger partial charge in [0, 0.05) is 47.7 Å². The molecule has 4 aliphatic carbocycles. The van der Waals surface area contributed by atoms with Crippen LogP contribution in [0.5, 0.6) is 0 Å². The van der Waals surface area contributed by atoms with E-state index in [0.717, 1.165) is 70.1 Å². The van der Waals surface area contributed by atoms with Crippen LogP contribution in [-0.4, -0.2) is 32.2 Å². The van der Waals surface area contributed by atoms with Crippen molar-refractivity contribution in [3.05, 3.63) is 88.9 Å². The number of carbonyl (C=O) groups excluding carboxylic acids is 1. The number of nitrogens with zero attached hydrogens (tertiary/aromatic N) is 5. The summed E-state index contributed by atoms with van der Waals surface area (Å²) in [5.74, 6) is 3.69. The normalized spacial score (nSPS) is 24.8. The van der Waals surface area contributed by atoms with E-state index >= 15 is 0 Å². The molecule has 0 spiro atoms. The molecule has 4 fully saturated rings. The minimum atomic E-state index is -0.113. The molecule has 0 radical (unpaired) electrons. The number of para-hydroxylation sites is 1. The maximum Gasteiger partial charge on any atom is 0.257 e. The first kappa shape index (κ1) is 28.2. The molecule has 4 saturated carbocycles. The highest BCUT2D eigenvalue weighted by Crippen LogP contribution is 2.60. The monoisotopic (exact) mass is 628 g/mol. The van der Waals surface area contributed by atoms with Gasteiger partial charge < -0.3 is 4.90 Å². The Balaban J connectivity index is 0.936. The average molecular weight is 629 g/mol. The lowest BCUT2D eigenvalue weighted by molar-refractivity contribution is -0.0638. The summed E-state index contributed by atoms with van der Waals surface area (Å²) in [5, 5.41) is 8.64. The number of anilines is 2. The van der Waals surface area contributed by atoms with Crippen molar-refractivity contribution in [2.24, 2.45) is 23.2 Å². The van der Waals surface area contributed by atoms with E-state index < -0.39 is 0 Å². The lowest BCUT2D eigenvalue weighted by Crippen LogP contribution is -2.48. The van der Waals surface area contributed by atoms with Crippen LogP contribution in [0.3, 0.4) is 0 Å². The van der Waals surface area contributed by atoms with E-state index in [2.05, 4.69) is 58.1 Å². The molecule has 4 bridgehead atoms. The van der Waals surface area contributed by atoms with Crippen molar-refractivity contribution in [2.75, 3.05) is 16.8 Å². The second-order valence-electron chi connectivity index (χ2n) is 14.6. The SMILES string of the molecule is Cc1nc(N2CCc3cccc(C(=O)Nc4nc5ccccc5s4)c3C2)ccc1-c1cnn(CC23CC4CC(CC(C4)C2)C3)c1C. The van der Waals surface area contributed by atoms with Crippen molar-refractivity contribution >= 4 is 38.4 Å². The van der Waals surface area contributed by atoms with E-state index in [-0.39, 0.29) is 5.91 Å². The molecule has 1 N–H and O–H groups in total. The maximum atomic E-state index is 13.5. The largest absolute Gasteiger partial charge is 0.352 e. The second-order valence-corrected chi connectivity index (χ2v) is 15.6. The third-order valence-electron chi connectivity index (χ3n) is 11.5. The van der Waals surface area contributed by atoms with Crippen LogP contribution in [0.4, 0.5) is 10.9 Å². The Hall–Kier alpha value is -4.04. The Morgan fingerprint density at radius 3 is 2.48 bits per heavy atom. The zero-order valence-electron chi connectivity index (χ0n) is 26.6. The number of hydrogen-bond acceptors (Lipinski definition) is 6. The number of nitrogens with one attached hydrogen (secondary N) is 1. The number of aromatic nitrogens is 4. The summed E-state index contributed by atoms with van der Waals surface area (Å²) in [5.41, 5.74) is 8.98. The van der Waals surface area contributed by atoms with Gasteiger partial charge in [-0.2, -0.15) is 5.10 Å². The molecule has 0 atom stereocenters. The van der Waals surface area contributed by atoms with Crippen LogP contribution >= 0.6 is 11.3 Å². The molecule has 2 aromatic carbocycles. The number of benzene rings is 2. The Morgan fingerprint density at radius 2 is 1.72 bits per heavy atom. The lowest BCUT2D eigenvalue weighted by atomic mass is 9.49. The van der Waals surface area contributed by atoms with E-state index in [1.807, 2.05) is 36.4 Å². The Labute approximate surface area is 274 Å². The molecule has 0 saturated heterocycles. The van der Waals surface area contributed by atoms with Crippen LogP contribution in [0.2, 0.25) is 0 Å². The number of thiazole rings is 1. The molecule has 8 heteroatoms. The fourth-order valence-electron chi connectivity index (χ4n) is 9.76. The highest BCUT2D eigenvalue weighted by Gasteiger charge is 2.51. The van der Waals surface area contributed by atoms with Crippen molar-refractivity contribution in [3.8, 4) is 11.1 Å². The van der Waals surface area contributed by atoms with Crippen molar-refractivity contribution in [1.29, 1.82) is 0 Å². The molecule has 234 valence electrons. The third-order valence-corrected chi connectivity index (χ3v) is 12.4. The number of carbonyl (C=O) groups is 1. The molecule has 0 unspecified atom stereocenters. The summed E-state index contributed by atoms with van der Waals surface area (Å²) in [6, 6.07) is 18.4. The van der Waals surface area contributed by atoms with Gasteiger partial charge in [-0.3, -0.25) is 14.8 Å². The quantitative estimate of drug-likeness (QED) is 0.205. The molecule has 4 heterocycles. The minimum absolute atomic E-state index is 0.113. The number of pyridine rings is 1. The van der Waals surface area contributed by atoms with Gasteiger partial charge in [0.05, 0.1) is 16.4 Å². The molecule has 3 aromatic heterocycles. The van der Waals surface area contributed by atoms with Crippen molar-refractivity contribution in [2.45, 2.75) is 71.9 Å². The van der Waals surface area contributed by atoms with E-state index in [4.69, 9.17) is 10.1 Å². The number of rotatable bonds is 6. The van der Waals surface area contributed by atoms with Crippen LogP contribution in [0.1, 0.15) is 71.4 Å². The van der Waals surface area contributed by atoms with Crippen LogP contribution in [0.25, 0.3) is 21.3 Å². The molecule has 46 heavy (non-hydrogen) atoms. The Morgan fingerprint density at radius 1 is 0.935 bits per heavy atom. The third kappa shape index (κ3) is 4.84. The highest BCUT2D eigenvalue weighted by molar-refractivity contribution is 7.22. The van der Waals surface area contributed by atoms with Crippen molar-refractivity contribution in [1.82, 2.24) is 19.7 Å². The van der Waals surface area contributed by atoms with Gasteiger partial charge in [0.15, 0.2) is 5.13 Å². The summed E-state index contributed by atoms with van der Waals surface area (Å²) in [4.78, 5) is 25.5. The van der Waals surface area contributed by atoms with Crippen LogP contribution in [-0.2, 0) is 19.5 Å². The van der Waals surface area contributed by atoms with Crippen molar-refractivity contribution in [3.63, 3.8) is 0 Å². The van der Waals surface area contributed by atoms with Crippen molar-refractivity contribution < 1.29 is 4.79 Å². The predicted octanol–water partition coefficient (Wildman–Crippen LogP) is 8.20. The van der Waals surface area contributed by atoms with E-state index in [9.17, 15) is 4.79 Å². The summed E-state index contributed by atoms with van der Waals surface area (Å²) in [6.07, 6.45) is 11.5. The number of amides is 1. The van der Waals surface area contributed by atoms with Crippen LogP contribution in [0.15, 0.2) is 60.8 Å². The molecule has 5 aliphatic rings. The van der Waals surface area contributed by atoms with Gasteiger partial charge in [-0.05, 0) is 123 Å². The molecular weight excluding hydrogens is 589 g/mol. The first-order valence-electron chi connectivity index (χ1n) is 16.9. The number of hydrogen-bond donors (Lipinski definition) is 1. The standard InChI is InChI=1S/C38H40N6OS/c1-23-29(31-20-39-44(24(31)2)22-38-17-25-14-26(18-38)16-27(15-25)19-38)10-11-35(40-23)43-13-12-28-6-5-7-30(32(28)21-43)36(45)42-37-41-33-8-3-4-9-34(33)46-37/h3-11,20,25-27H,12-19,21-22H2,1-2H3,(H,41,42,45). The molecule has 1 amide bonds. The summed E-state index contributed by atoms with van der Waals surface area (Å²) in [7, 11) is 0. The van der Waals surface area contributed by atoms with Gasteiger partial charge in [0.2, 0.25) is 0 Å². The maximum absolute atomic E-state index is 13.5. The molecule has 10 rings (SSSR count). The highest BCUT2D eigenvalue weighted by atomic mass is 32.1. The van der Waals surface area contributed by atoms with Gasteiger partial charge in [-0.25, -0.2) is 9.97 Å².